The molecule has 0 aromatic rings. The summed E-state index contributed by atoms with van der Waals surface area (Å²) in [5, 5.41) is 11.2. The summed E-state index contributed by atoms with van der Waals surface area (Å²) in [5.74, 6) is -0.602. The van der Waals surface area contributed by atoms with Crippen LogP contribution in [0.2, 0.25) is 0 Å². The minimum Gasteiger partial charge on any atom is -0.388 e. The smallest absolute Gasteiger partial charge is 0.238 e. The van der Waals surface area contributed by atoms with Crippen molar-refractivity contribution < 1.29 is 18.3 Å². The van der Waals surface area contributed by atoms with Gasteiger partial charge in [0.25, 0.3) is 0 Å². The van der Waals surface area contributed by atoms with Gasteiger partial charge in [0, 0.05) is 6.26 Å². The normalized spacial score (nSPS) is 15.7. The van der Waals surface area contributed by atoms with Crippen molar-refractivity contribution in [1.29, 1.82) is 0 Å². The van der Waals surface area contributed by atoms with Gasteiger partial charge in [-0.2, -0.15) is 0 Å². The molecule has 0 saturated carbocycles. The molecule has 0 rings (SSSR count). The Hall–Kier alpha value is -0.620. The second-order valence-corrected chi connectivity index (χ2v) is 7.51. The van der Waals surface area contributed by atoms with Gasteiger partial charge in [-0.3, -0.25) is 4.79 Å². The number of amides is 1. The predicted octanol–water partition coefficient (Wildman–Crippen LogP) is 0.0852. The van der Waals surface area contributed by atoms with Crippen LogP contribution in [0.3, 0.4) is 0 Å². The number of hydrogen-bond acceptors (Lipinski definition) is 4. The first kappa shape index (κ1) is 15.4. The van der Waals surface area contributed by atoms with E-state index in [1.165, 1.54) is 6.92 Å². The molecule has 0 aliphatic rings. The van der Waals surface area contributed by atoms with Crippen LogP contribution in [0.1, 0.15) is 34.6 Å². The summed E-state index contributed by atoms with van der Waals surface area (Å²) in [6, 6.07) is 0. The van der Waals surface area contributed by atoms with Crippen LogP contribution in [0.15, 0.2) is 0 Å². The Morgan fingerprint density at radius 3 is 1.88 bits per heavy atom. The van der Waals surface area contributed by atoms with Crippen LogP contribution in [0.4, 0.5) is 0 Å². The highest BCUT2D eigenvalue weighted by molar-refractivity contribution is 7.92. The Morgan fingerprint density at radius 2 is 1.62 bits per heavy atom. The lowest BCUT2D eigenvalue weighted by Crippen LogP contribution is -2.59. The van der Waals surface area contributed by atoms with Crippen molar-refractivity contribution in [2.45, 2.75) is 51.0 Å². The molecule has 0 aromatic heterocycles. The first-order chi connectivity index (χ1) is 6.79. The maximum atomic E-state index is 11.7. The standard InChI is InChI=1S/C10H21NO4S/c1-7(16(6,14)15)8(12)11-9(2,3)10(4,5)13/h7,13H,1-6H3,(H,11,12). The molecule has 1 amide bonds. The van der Waals surface area contributed by atoms with Gasteiger partial charge in [-0.15, -0.1) is 0 Å². The molecule has 0 heterocycles. The van der Waals surface area contributed by atoms with Crippen molar-refractivity contribution in [3.8, 4) is 0 Å². The summed E-state index contributed by atoms with van der Waals surface area (Å²) in [4.78, 5) is 11.7. The van der Waals surface area contributed by atoms with Gasteiger partial charge in [0.1, 0.15) is 5.25 Å². The highest BCUT2D eigenvalue weighted by atomic mass is 32.2. The third-order valence-corrected chi connectivity index (χ3v) is 4.48. The topological polar surface area (TPSA) is 83.5 Å². The summed E-state index contributed by atoms with van der Waals surface area (Å²) >= 11 is 0. The molecule has 1 unspecified atom stereocenters. The molecule has 0 aliphatic heterocycles. The molecule has 0 bridgehead atoms. The van der Waals surface area contributed by atoms with Gasteiger partial charge in [0.05, 0.1) is 11.1 Å². The molecule has 1 atom stereocenters. The number of nitrogens with one attached hydrogen (secondary N) is 1. The van der Waals surface area contributed by atoms with E-state index < -0.39 is 32.1 Å². The molecule has 0 aliphatic carbocycles. The first-order valence-electron chi connectivity index (χ1n) is 5.02. The third kappa shape index (κ3) is 3.75. The van der Waals surface area contributed by atoms with Gasteiger partial charge >= 0.3 is 0 Å². The minimum atomic E-state index is -3.41. The summed E-state index contributed by atoms with van der Waals surface area (Å²) in [7, 11) is -3.41. The lowest BCUT2D eigenvalue weighted by atomic mass is 9.86. The van der Waals surface area contributed by atoms with Crippen LogP contribution in [0, 0.1) is 0 Å². The van der Waals surface area contributed by atoms with Crippen LogP contribution >= 0.6 is 0 Å². The molecule has 0 fully saturated rings. The molecule has 5 nitrogen and oxygen atoms in total. The van der Waals surface area contributed by atoms with Crippen LogP contribution in [-0.2, 0) is 14.6 Å². The van der Waals surface area contributed by atoms with E-state index in [9.17, 15) is 18.3 Å². The fraction of sp³-hybridized carbons (Fsp3) is 0.900. The molecule has 0 radical (unpaired) electrons. The van der Waals surface area contributed by atoms with Gasteiger partial charge in [-0.1, -0.05) is 0 Å². The summed E-state index contributed by atoms with van der Waals surface area (Å²) in [6.07, 6.45) is 1.01. The molecular weight excluding hydrogens is 230 g/mol. The zero-order valence-corrected chi connectivity index (χ0v) is 11.5. The van der Waals surface area contributed by atoms with E-state index in [0.717, 1.165) is 6.26 Å². The van der Waals surface area contributed by atoms with E-state index in [-0.39, 0.29) is 0 Å². The Morgan fingerprint density at radius 1 is 1.25 bits per heavy atom. The molecule has 0 saturated heterocycles. The average molecular weight is 251 g/mol. The van der Waals surface area contributed by atoms with Crippen LogP contribution in [0.5, 0.6) is 0 Å². The van der Waals surface area contributed by atoms with Gasteiger partial charge in [-0.25, -0.2) is 8.42 Å². The predicted molar refractivity (Wildman–Crippen MR) is 62.8 cm³/mol. The summed E-state index contributed by atoms with van der Waals surface area (Å²) in [6.45, 7) is 7.71. The quantitative estimate of drug-likeness (QED) is 0.741. The van der Waals surface area contributed by atoms with Gasteiger partial charge in [0.2, 0.25) is 5.91 Å². The van der Waals surface area contributed by atoms with Crippen molar-refractivity contribution in [3.63, 3.8) is 0 Å². The molecular formula is C10H21NO4S. The third-order valence-electron chi connectivity index (χ3n) is 2.98. The average Bonchev–Trinajstić information content (AvgIpc) is 1.97. The monoisotopic (exact) mass is 251 g/mol. The van der Waals surface area contributed by atoms with Crippen molar-refractivity contribution in [3.05, 3.63) is 0 Å². The molecule has 0 spiro atoms. The lowest BCUT2D eigenvalue weighted by molar-refractivity contribution is -0.125. The molecule has 6 heteroatoms. The zero-order valence-electron chi connectivity index (χ0n) is 10.7. The maximum Gasteiger partial charge on any atom is 0.238 e. The Labute approximate surface area is 97.2 Å². The number of carbonyl (C=O) groups is 1. The fourth-order valence-corrected chi connectivity index (χ4v) is 1.20. The van der Waals surface area contributed by atoms with E-state index in [0.29, 0.717) is 0 Å². The van der Waals surface area contributed by atoms with Gasteiger partial charge in [-0.05, 0) is 34.6 Å². The Bertz CT molecular complexity index is 365. The summed E-state index contributed by atoms with van der Waals surface area (Å²) < 4.78 is 22.4. The van der Waals surface area contributed by atoms with E-state index >= 15 is 0 Å². The fourth-order valence-electron chi connectivity index (χ4n) is 0.757. The van der Waals surface area contributed by atoms with Crippen LogP contribution < -0.4 is 5.32 Å². The van der Waals surface area contributed by atoms with Gasteiger partial charge in [0.15, 0.2) is 9.84 Å². The maximum absolute atomic E-state index is 11.7. The lowest BCUT2D eigenvalue weighted by Gasteiger charge is -2.38. The second kappa shape index (κ2) is 4.33. The van der Waals surface area contributed by atoms with E-state index in [4.69, 9.17) is 0 Å². The molecule has 0 aromatic carbocycles. The van der Waals surface area contributed by atoms with Crippen molar-refractivity contribution in [2.75, 3.05) is 6.26 Å². The number of carbonyl (C=O) groups excluding carboxylic acids is 1. The van der Waals surface area contributed by atoms with Gasteiger partial charge < -0.3 is 10.4 Å². The van der Waals surface area contributed by atoms with E-state index in [1.807, 2.05) is 0 Å². The molecule has 2 N–H and O–H groups in total. The Balaban J connectivity index is 4.85. The highest BCUT2D eigenvalue weighted by Crippen LogP contribution is 2.20. The van der Waals surface area contributed by atoms with Crippen molar-refractivity contribution in [2.24, 2.45) is 0 Å². The van der Waals surface area contributed by atoms with Crippen LogP contribution in [0.25, 0.3) is 0 Å². The largest absolute Gasteiger partial charge is 0.388 e. The number of sulfone groups is 1. The van der Waals surface area contributed by atoms with E-state index in [2.05, 4.69) is 5.32 Å². The number of aliphatic hydroxyl groups is 1. The van der Waals surface area contributed by atoms with Crippen LogP contribution in [-0.4, -0.2) is 42.1 Å². The minimum absolute atomic E-state index is 0.602. The molecule has 16 heavy (non-hydrogen) atoms. The van der Waals surface area contributed by atoms with Crippen molar-refractivity contribution in [1.82, 2.24) is 5.32 Å². The summed E-state index contributed by atoms with van der Waals surface area (Å²) in [5.41, 5.74) is -2.04. The molecule has 96 valence electrons. The first-order valence-corrected chi connectivity index (χ1v) is 6.98. The zero-order chi connectivity index (χ0) is 13.4. The highest BCUT2D eigenvalue weighted by Gasteiger charge is 2.38. The van der Waals surface area contributed by atoms with E-state index in [1.54, 1.807) is 27.7 Å². The second-order valence-electron chi connectivity index (χ2n) is 5.15. The SMILES string of the molecule is CC(C(=O)NC(C)(C)C(C)(C)O)S(C)(=O)=O. The van der Waals surface area contributed by atoms with Crippen molar-refractivity contribution >= 4 is 15.7 Å². The number of hydrogen-bond donors (Lipinski definition) is 2. The Kier molecular flexibility index (Phi) is 4.16. The number of rotatable bonds is 4.